The van der Waals surface area contributed by atoms with Crippen LogP contribution in [0.25, 0.3) is 0 Å². The summed E-state index contributed by atoms with van der Waals surface area (Å²) in [5.41, 5.74) is 0. The van der Waals surface area contributed by atoms with Gasteiger partial charge in [0.15, 0.2) is 0 Å². The van der Waals surface area contributed by atoms with E-state index in [0.29, 0.717) is 0 Å². The highest BCUT2D eigenvalue weighted by Gasteiger charge is 2.34. The van der Waals surface area contributed by atoms with Crippen LogP contribution in [-0.4, -0.2) is 36.6 Å². The van der Waals surface area contributed by atoms with Crippen LogP contribution in [0.3, 0.4) is 0 Å². The van der Waals surface area contributed by atoms with Gasteiger partial charge in [0.25, 0.3) is 0 Å². The zero-order chi connectivity index (χ0) is 15.1. The van der Waals surface area contributed by atoms with Gasteiger partial charge >= 0.3 is 0 Å². The van der Waals surface area contributed by atoms with Crippen LogP contribution >= 0.6 is 0 Å². The van der Waals surface area contributed by atoms with Crippen molar-refractivity contribution in [2.45, 2.75) is 90.6 Å². The molecule has 2 heteroatoms. The van der Waals surface area contributed by atoms with Gasteiger partial charge in [0.05, 0.1) is 0 Å². The van der Waals surface area contributed by atoms with E-state index in [-0.39, 0.29) is 0 Å². The molecule has 0 aromatic rings. The Labute approximate surface area is 133 Å². The van der Waals surface area contributed by atoms with Crippen molar-refractivity contribution >= 4 is 0 Å². The van der Waals surface area contributed by atoms with Gasteiger partial charge in [-0.2, -0.15) is 0 Å². The van der Waals surface area contributed by atoms with Crippen LogP contribution in [0.4, 0.5) is 0 Å². The molecule has 1 saturated heterocycles. The second-order valence-corrected chi connectivity index (χ2v) is 7.67. The average molecular weight is 295 g/mol. The maximum Gasteiger partial charge on any atom is 0.0251 e. The summed E-state index contributed by atoms with van der Waals surface area (Å²) in [7, 11) is 0. The van der Waals surface area contributed by atoms with Crippen molar-refractivity contribution in [1.29, 1.82) is 0 Å². The molecular formula is C19H38N2. The predicted molar refractivity (Wildman–Crippen MR) is 92.7 cm³/mol. The summed E-state index contributed by atoms with van der Waals surface area (Å²) in [6, 6.07) is 1.57. The molecule has 21 heavy (non-hydrogen) atoms. The number of hydrogen-bond acceptors (Lipinski definition) is 2. The molecular weight excluding hydrogens is 256 g/mol. The highest BCUT2D eigenvalue weighted by molar-refractivity contribution is 4.92. The fourth-order valence-electron chi connectivity index (χ4n) is 4.49. The first-order chi connectivity index (χ1) is 10.2. The summed E-state index contributed by atoms with van der Waals surface area (Å²) < 4.78 is 0. The summed E-state index contributed by atoms with van der Waals surface area (Å²) in [6.45, 7) is 11.0. The van der Waals surface area contributed by atoms with E-state index in [2.05, 4.69) is 31.0 Å². The van der Waals surface area contributed by atoms with Gasteiger partial charge in [-0.25, -0.2) is 0 Å². The molecule has 0 spiro atoms. The van der Waals surface area contributed by atoms with E-state index in [1.54, 1.807) is 0 Å². The maximum atomic E-state index is 3.87. The standard InChI is InChI=1S/C19H38N2/c1-4-7-17-9-10-18(20-12-5-2)19(15-17)21-13-6-8-16(3)11-14-21/h16-20H,4-15H2,1-3H3. The van der Waals surface area contributed by atoms with E-state index in [9.17, 15) is 0 Å². The topological polar surface area (TPSA) is 15.3 Å². The molecule has 2 rings (SSSR count). The molecule has 2 aliphatic rings. The van der Waals surface area contributed by atoms with E-state index in [4.69, 9.17) is 0 Å². The van der Waals surface area contributed by atoms with Gasteiger partial charge in [-0.1, -0.05) is 33.6 Å². The molecule has 0 aromatic heterocycles. The number of nitrogens with zero attached hydrogens (tertiary/aromatic N) is 1. The molecule has 4 atom stereocenters. The molecule has 2 fully saturated rings. The molecule has 4 unspecified atom stereocenters. The lowest BCUT2D eigenvalue weighted by Gasteiger charge is -2.43. The third kappa shape index (κ3) is 5.25. The second-order valence-electron chi connectivity index (χ2n) is 7.67. The van der Waals surface area contributed by atoms with E-state index in [1.165, 1.54) is 77.4 Å². The van der Waals surface area contributed by atoms with Crippen LogP contribution in [0, 0.1) is 11.8 Å². The molecule has 2 nitrogen and oxygen atoms in total. The Morgan fingerprint density at radius 1 is 1.00 bits per heavy atom. The van der Waals surface area contributed by atoms with Gasteiger partial charge in [0.2, 0.25) is 0 Å². The average Bonchev–Trinajstić information content (AvgIpc) is 2.71. The SMILES string of the molecule is CCCNC1CCC(CCC)CC1N1CCCC(C)CC1. The zero-order valence-electron chi connectivity index (χ0n) is 14.7. The smallest absolute Gasteiger partial charge is 0.0251 e. The van der Waals surface area contributed by atoms with Gasteiger partial charge in [-0.05, 0) is 76.4 Å². The van der Waals surface area contributed by atoms with Crippen LogP contribution in [0.1, 0.15) is 78.6 Å². The molecule has 124 valence electrons. The minimum absolute atomic E-state index is 0.756. The lowest BCUT2D eigenvalue weighted by atomic mass is 9.79. The zero-order valence-corrected chi connectivity index (χ0v) is 14.7. The van der Waals surface area contributed by atoms with E-state index in [0.717, 1.165) is 23.9 Å². The Kier molecular flexibility index (Phi) is 7.53. The summed E-state index contributed by atoms with van der Waals surface area (Å²) in [5, 5.41) is 3.87. The minimum atomic E-state index is 0.756. The van der Waals surface area contributed by atoms with Crippen molar-refractivity contribution in [3.8, 4) is 0 Å². The van der Waals surface area contributed by atoms with Gasteiger partial charge in [-0.3, -0.25) is 4.90 Å². The monoisotopic (exact) mass is 294 g/mol. The Morgan fingerprint density at radius 2 is 1.86 bits per heavy atom. The number of likely N-dealkylation sites (tertiary alicyclic amines) is 1. The van der Waals surface area contributed by atoms with Crippen LogP contribution in [0.2, 0.25) is 0 Å². The van der Waals surface area contributed by atoms with Gasteiger partial charge in [0.1, 0.15) is 0 Å². The first-order valence-electron chi connectivity index (χ1n) is 9.72. The Bertz CT molecular complexity index is 279. The lowest BCUT2D eigenvalue weighted by Crippen LogP contribution is -2.53. The molecule has 1 aliphatic carbocycles. The molecule has 0 radical (unpaired) electrons. The van der Waals surface area contributed by atoms with Gasteiger partial charge in [0, 0.05) is 12.1 Å². The van der Waals surface area contributed by atoms with Crippen molar-refractivity contribution < 1.29 is 0 Å². The first kappa shape index (κ1) is 17.3. The van der Waals surface area contributed by atoms with Crippen LogP contribution in [0.5, 0.6) is 0 Å². The van der Waals surface area contributed by atoms with Crippen molar-refractivity contribution in [1.82, 2.24) is 10.2 Å². The quantitative estimate of drug-likeness (QED) is 0.779. The summed E-state index contributed by atoms with van der Waals surface area (Å²) in [6.07, 6.45) is 12.6. The van der Waals surface area contributed by atoms with E-state index >= 15 is 0 Å². The molecule has 1 aliphatic heterocycles. The van der Waals surface area contributed by atoms with Gasteiger partial charge in [-0.15, -0.1) is 0 Å². The summed E-state index contributed by atoms with van der Waals surface area (Å²) >= 11 is 0. The second kappa shape index (κ2) is 9.15. The minimum Gasteiger partial charge on any atom is -0.312 e. The molecule has 0 bridgehead atoms. The molecule has 0 amide bonds. The lowest BCUT2D eigenvalue weighted by molar-refractivity contribution is 0.0958. The van der Waals surface area contributed by atoms with Crippen molar-refractivity contribution in [2.75, 3.05) is 19.6 Å². The number of nitrogens with one attached hydrogen (secondary N) is 1. The maximum absolute atomic E-state index is 3.87. The van der Waals surface area contributed by atoms with Crippen molar-refractivity contribution in [2.24, 2.45) is 11.8 Å². The Morgan fingerprint density at radius 3 is 2.62 bits per heavy atom. The molecule has 1 heterocycles. The van der Waals surface area contributed by atoms with Crippen molar-refractivity contribution in [3.63, 3.8) is 0 Å². The van der Waals surface area contributed by atoms with E-state index < -0.39 is 0 Å². The highest BCUT2D eigenvalue weighted by atomic mass is 15.2. The summed E-state index contributed by atoms with van der Waals surface area (Å²) in [4.78, 5) is 2.86. The molecule has 1 saturated carbocycles. The number of rotatable bonds is 6. The fraction of sp³-hybridized carbons (Fsp3) is 1.00. The molecule has 0 aromatic carbocycles. The van der Waals surface area contributed by atoms with Gasteiger partial charge < -0.3 is 5.32 Å². The largest absolute Gasteiger partial charge is 0.312 e. The normalized spacial score (nSPS) is 35.6. The fourth-order valence-corrected chi connectivity index (χ4v) is 4.49. The van der Waals surface area contributed by atoms with E-state index in [1.807, 2.05) is 0 Å². The Balaban J connectivity index is 1.97. The first-order valence-corrected chi connectivity index (χ1v) is 9.72. The summed E-state index contributed by atoms with van der Waals surface area (Å²) in [5.74, 6) is 1.92. The third-order valence-electron chi connectivity index (χ3n) is 5.80. The van der Waals surface area contributed by atoms with Crippen LogP contribution < -0.4 is 5.32 Å². The van der Waals surface area contributed by atoms with Crippen LogP contribution in [-0.2, 0) is 0 Å². The predicted octanol–water partition coefficient (Wildman–Crippen LogP) is 4.45. The number of hydrogen-bond donors (Lipinski definition) is 1. The van der Waals surface area contributed by atoms with Crippen molar-refractivity contribution in [3.05, 3.63) is 0 Å². The third-order valence-corrected chi connectivity index (χ3v) is 5.80. The highest BCUT2D eigenvalue weighted by Crippen LogP contribution is 2.32. The van der Waals surface area contributed by atoms with Crippen LogP contribution in [0.15, 0.2) is 0 Å². The Hall–Kier alpha value is -0.0800. The molecule has 1 N–H and O–H groups in total.